The molecule has 1 aromatic heterocycles. The Balaban J connectivity index is 1.73. The summed E-state index contributed by atoms with van der Waals surface area (Å²) in [5.41, 5.74) is 4.23. The summed E-state index contributed by atoms with van der Waals surface area (Å²) in [6.07, 6.45) is 0.780. The van der Waals surface area contributed by atoms with Gasteiger partial charge in [-0.25, -0.2) is 4.98 Å². The fraction of sp³-hybridized carbons (Fsp3) is 0.120. The number of halogens is 1. The SMILES string of the molecule is CCC(NC(=O)c1cc(-c2ccccc2)nc2ccccc12)c1ccc(Cl)cc1. The molecule has 1 N–H and O–H groups in total. The van der Waals surface area contributed by atoms with E-state index in [4.69, 9.17) is 16.6 Å². The minimum atomic E-state index is -0.109. The van der Waals surface area contributed by atoms with E-state index in [2.05, 4.69) is 12.2 Å². The van der Waals surface area contributed by atoms with Crippen LogP contribution in [-0.4, -0.2) is 10.9 Å². The standard InChI is InChI=1S/C25H21ClN2O/c1-2-22(18-12-14-19(26)15-13-18)28-25(29)21-16-24(17-8-4-3-5-9-17)27-23-11-7-6-10-20(21)23/h3-16,22H,2H2,1H3,(H,28,29). The van der Waals surface area contributed by atoms with Crippen LogP contribution in [0, 0.1) is 0 Å². The number of amides is 1. The Morgan fingerprint density at radius 1 is 0.966 bits per heavy atom. The highest BCUT2D eigenvalue weighted by atomic mass is 35.5. The van der Waals surface area contributed by atoms with Crippen LogP contribution in [0.2, 0.25) is 5.02 Å². The lowest BCUT2D eigenvalue weighted by molar-refractivity contribution is 0.0937. The minimum Gasteiger partial charge on any atom is -0.345 e. The lowest BCUT2D eigenvalue weighted by atomic mass is 10.0. The van der Waals surface area contributed by atoms with Gasteiger partial charge in [-0.15, -0.1) is 0 Å². The van der Waals surface area contributed by atoms with Crippen LogP contribution in [0.4, 0.5) is 0 Å². The number of benzene rings is 3. The van der Waals surface area contributed by atoms with Crippen molar-refractivity contribution in [3.8, 4) is 11.3 Å². The highest BCUT2D eigenvalue weighted by molar-refractivity contribution is 6.30. The summed E-state index contributed by atoms with van der Waals surface area (Å²) in [6.45, 7) is 2.06. The van der Waals surface area contributed by atoms with Crippen molar-refractivity contribution in [2.45, 2.75) is 19.4 Å². The van der Waals surface area contributed by atoms with Crippen molar-refractivity contribution in [3.63, 3.8) is 0 Å². The van der Waals surface area contributed by atoms with E-state index in [1.807, 2.05) is 84.9 Å². The molecule has 0 aliphatic rings. The second kappa shape index (κ2) is 8.46. The Kier molecular flexibility index (Phi) is 5.59. The molecule has 0 aliphatic heterocycles. The first-order chi connectivity index (χ1) is 14.2. The number of para-hydroxylation sites is 1. The summed E-state index contributed by atoms with van der Waals surface area (Å²) in [6, 6.07) is 27.1. The zero-order valence-corrected chi connectivity index (χ0v) is 16.9. The Morgan fingerprint density at radius 2 is 1.66 bits per heavy atom. The zero-order valence-electron chi connectivity index (χ0n) is 16.1. The molecule has 144 valence electrons. The number of carbonyl (C=O) groups is 1. The molecule has 3 nitrogen and oxygen atoms in total. The van der Waals surface area contributed by atoms with E-state index >= 15 is 0 Å². The maximum absolute atomic E-state index is 13.3. The highest BCUT2D eigenvalue weighted by Crippen LogP contribution is 2.26. The lowest BCUT2D eigenvalue weighted by Crippen LogP contribution is -2.28. The molecule has 0 fully saturated rings. The summed E-state index contributed by atoms with van der Waals surface area (Å²) in [7, 11) is 0. The number of pyridine rings is 1. The smallest absolute Gasteiger partial charge is 0.252 e. The normalized spacial score (nSPS) is 11.9. The molecule has 4 heteroatoms. The van der Waals surface area contributed by atoms with E-state index in [0.29, 0.717) is 10.6 Å². The Morgan fingerprint density at radius 3 is 2.38 bits per heavy atom. The van der Waals surface area contributed by atoms with Gasteiger partial charge in [0.05, 0.1) is 22.8 Å². The average Bonchev–Trinajstić information content (AvgIpc) is 2.78. The molecule has 29 heavy (non-hydrogen) atoms. The second-order valence-electron chi connectivity index (χ2n) is 6.92. The lowest BCUT2D eigenvalue weighted by Gasteiger charge is -2.19. The fourth-order valence-corrected chi connectivity index (χ4v) is 3.60. The minimum absolute atomic E-state index is 0.0909. The van der Waals surface area contributed by atoms with E-state index < -0.39 is 0 Å². The van der Waals surface area contributed by atoms with E-state index in [1.165, 1.54) is 0 Å². The molecule has 1 amide bonds. The van der Waals surface area contributed by atoms with Crippen molar-refractivity contribution in [3.05, 3.63) is 101 Å². The molecule has 4 rings (SSSR count). The molecule has 1 atom stereocenters. The first-order valence-corrected chi connectivity index (χ1v) is 10.0. The van der Waals surface area contributed by atoms with E-state index in [1.54, 1.807) is 0 Å². The van der Waals surface area contributed by atoms with Gasteiger partial charge in [-0.05, 0) is 36.2 Å². The molecule has 1 unspecified atom stereocenters. The maximum Gasteiger partial charge on any atom is 0.252 e. The average molecular weight is 401 g/mol. The van der Waals surface area contributed by atoms with Crippen LogP contribution in [-0.2, 0) is 0 Å². The number of aromatic nitrogens is 1. The predicted octanol–water partition coefficient (Wildman–Crippen LogP) is 6.44. The highest BCUT2D eigenvalue weighted by Gasteiger charge is 2.18. The molecule has 1 heterocycles. The Hall–Kier alpha value is -3.17. The van der Waals surface area contributed by atoms with Crippen molar-refractivity contribution in [1.82, 2.24) is 10.3 Å². The molecular weight excluding hydrogens is 380 g/mol. The Labute approximate surface area is 175 Å². The van der Waals surface area contributed by atoms with Gasteiger partial charge in [0.1, 0.15) is 0 Å². The van der Waals surface area contributed by atoms with Crippen LogP contribution in [0.3, 0.4) is 0 Å². The molecule has 0 spiro atoms. The van der Waals surface area contributed by atoms with Crippen LogP contribution in [0.25, 0.3) is 22.2 Å². The number of carbonyl (C=O) groups excluding carboxylic acids is 1. The number of hydrogen-bond acceptors (Lipinski definition) is 2. The molecule has 0 saturated heterocycles. The first-order valence-electron chi connectivity index (χ1n) is 9.67. The van der Waals surface area contributed by atoms with Crippen LogP contribution in [0.1, 0.15) is 35.3 Å². The first kappa shape index (κ1) is 19.2. The van der Waals surface area contributed by atoms with Crippen LogP contribution < -0.4 is 5.32 Å². The van der Waals surface area contributed by atoms with Gasteiger partial charge in [-0.2, -0.15) is 0 Å². The van der Waals surface area contributed by atoms with Crippen molar-refractivity contribution in [2.24, 2.45) is 0 Å². The number of fused-ring (bicyclic) bond motifs is 1. The molecule has 0 radical (unpaired) electrons. The molecule has 4 aromatic rings. The van der Waals surface area contributed by atoms with E-state index in [-0.39, 0.29) is 11.9 Å². The van der Waals surface area contributed by atoms with Gasteiger partial charge in [0.2, 0.25) is 0 Å². The molecule has 0 bridgehead atoms. The molecule has 0 saturated carbocycles. The monoisotopic (exact) mass is 400 g/mol. The van der Waals surface area contributed by atoms with Crippen molar-refractivity contribution >= 4 is 28.4 Å². The van der Waals surface area contributed by atoms with Crippen LogP contribution in [0.5, 0.6) is 0 Å². The van der Waals surface area contributed by atoms with Gasteiger partial charge < -0.3 is 5.32 Å². The second-order valence-corrected chi connectivity index (χ2v) is 7.36. The van der Waals surface area contributed by atoms with Gasteiger partial charge in [0.25, 0.3) is 5.91 Å². The summed E-state index contributed by atoms with van der Waals surface area (Å²) in [5, 5.41) is 4.71. The third kappa shape index (κ3) is 4.15. The maximum atomic E-state index is 13.3. The van der Waals surface area contributed by atoms with Gasteiger partial charge in [-0.3, -0.25) is 4.79 Å². The quantitative estimate of drug-likeness (QED) is 0.419. The third-order valence-electron chi connectivity index (χ3n) is 5.02. The molecular formula is C25H21ClN2O. The zero-order chi connectivity index (χ0) is 20.2. The summed E-state index contributed by atoms with van der Waals surface area (Å²) in [5.74, 6) is -0.109. The van der Waals surface area contributed by atoms with Crippen molar-refractivity contribution < 1.29 is 4.79 Å². The summed E-state index contributed by atoms with van der Waals surface area (Å²) in [4.78, 5) is 18.0. The Bertz CT molecular complexity index is 1140. The molecule has 0 aliphatic carbocycles. The third-order valence-corrected chi connectivity index (χ3v) is 5.27. The summed E-state index contributed by atoms with van der Waals surface area (Å²) < 4.78 is 0. The van der Waals surface area contributed by atoms with E-state index in [0.717, 1.165) is 34.1 Å². The topological polar surface area (TPSA) is 42.0 Å². The van der Waals surface area contributed by atoms with Gasteiger partial charge >= 0.3 is 0 Å². The largest absolute Gasteiger partial charge is 0.345 e. The van der Waals surface area contributed by atoms with Gasteiger partial charge in [0.15, 0.2) is 0 Å². The number of nitrogens with one attached hydrogen (secondary N) is 1. The van der Waals surface area contributed by atoms with E-state index in [9.17, 15) is 4.79 Å². The number of rotatable bonds is 5. The van der Waals surface area contributed by atoms with Crippen molar-refractivity contribution in [2.75, 3.05) is 0 Å². The van der Waals surface area contributed by atoms with Crippen LogP contribution in [0.15, 0.2) is 84.9 Å². The number of nitrogens with zero attached hydrogens (tertiary/aromatic N) is 1. The van der Waals surface area contributed by atoms with Gasteiger partial charge in [-0.1, -0.05) is 79.2 Å². The van der Waals surface area contributed by atoms with Crippen molar-refractivity contribution in [1.29, 1.82) is 0 Å². The number of hydrogen-bond donors (Lipinski definition) is 1. The molecule has 3 aromatic carbocycles. The van der Waals surface area contributed by atoms with Crippen LogP contribution >= 0.6 is 11.6 Å². The summed E-state index contributed by atoms with van der Waals surface area (Å²) >= 11 is 6.01. The fourth-order valence-electron chi connectivity index (χ4n) is 3.47. The predicted molar refractivity (Wildman–Crippen MR) is 119 cm³/mol. The van der Waals surface area contributed by atoms with Gasteiger partial charge in [0, 0.05) is 16.0 Å².